The fourth-order valence-corrected chi connectivity index (χ4v) is 3.15. The lowest BCUT2D eigenvalue weighted by atomic mass is 10.2. The van der Waals surface area contributed by atoms with Gasteiger partial charge in [-0.15, -0.1) is 10.2 Å². The summed E-state index contributed by atoms with van der Waals surface area (Å²) in [5.41, 5.74) is 2.00. The highest BCUT2D eigenvalue weighted by atomic mass is 32.2. The van der Waals surface area contributed by atoms with Gasteiger partial charge in [-0.25, -0.2) is 0 Å². The predicted octanol–water partition coefficient (Wildman–Crippen LogP) is 3.18. The number of fused-ring (bicyclic) bond motifs is 1. The summed E-state index contributed by atoms with van der Waals surface area (Å²) in [6.45, 7) is 2.09. The number of nitrogens with zero attached hydrogens (tertiary/aromatic N) is 3. The highest BCUT2D eigenvalue weighted by Crippen LogP contribution is 2.18. The molecule has 0 spiro atoms. The number of aryl methyl sites for hydroxylation is 1. The molecule has 6 heteroatoms. The molecule has 5 nitrogen and oxygen atoms in total. The van der Waals surface area contributed by atoms with E-state index in [0.29, 0.717) is 5.78 Å². The topological polar surface area (TPSA) is 63.0 Å². The Morgan fingerprint density at radius 3 is 2.87 bits per heavy atom. The average Bonchev–Trinajstić information content (AvgIpc) is 2.96. The van der Waals surface area contributed by atoms with Gasteiger partial charge in [-0.2, -0.15) is 0 Å². The van der Waals surface area contributed by atoms with Gasteiger partial charge in [0.05, 0.1) is 0 Å². The van der Waals surface area contributed by atoms with Crippen molar-refractivity contribution >= 4 is 23.6 Å². The van der Waals surface area contributed by atoms with Crippen molar-refractivity contribution in [2.75, 3.05) is 5.75 Å². The zero-order valence-electron chi connectivity index (χ0n) is 12.9. The Bertz CT molecular complexity index is 867. The Labute approximate surface area is 138 Å². The first-order valence-electron chi connectivity index (χ1n) is 7.59. The third kappa shape index (κ3) is 3.71. The van der Waals surface area contributed by atoms with E-state index in [2.05, 4.69) is 46.4 Å². The molecule has 3 rings (SSSR count). The number of rotatable bonds is 6. The van der Waals surface area contributed by atoms with Gasteiger partial charge in [0.15, 0.2) is 5.16 Å². The van der Waals surface area contributed by atoms with E-state index in [4.69, 9.17) is 0 Å². The van der Waals surface area contributed by atoms with Crippen molar-refractivity contribution in [1.29, 1.82) is 0 Å². The molecular formula is C17H18N4OS. The van der Waals surface area contributed by atoms with Crippen LogP contribution in [0.4, 0.5) is 0 Å². The van der Waals surface area contributed by atoms with E-state index in [1.54, 1.807) is 17.8 Å². The number of hydrogen-bond donors (Lipinski definition) is 1. The molecule has 0 amide bonds. The maximum atomic E-state index is 11.7. The van der Waals surface area contributed by atoms with Crippen molar-refractivity contribution in [1.82, 2.24) is 19.6 Å². The van der Waals surface area contributed by atoms with Crippen molar-refractivity contribution in [3.8, 4) is 0 Å². The fraction of sp³-hybridized carbons (Fsp3) is 0.235. The Balaban J connectivity index is 1.78. The highest BCUT2D eigenvalue weighted by molar-refractivity contribution is 7.99. The molecule has 0 aliphatic carbocycles. The van der Waals surface area contributed by atoms with E-state index in [1.165, 1.54) is 5.56 Å². The lowest BCUT2D eigenvalue weighted by Gasteiger charge is -2.04. The molecule has 0 bridgehead atoms. The van der Waals surface area contributed by atoms with Crippen LogP contribution < -0.4 is 5.56 Å². The minimum absolute atomic E-state index is 0.131. The zero-order chi connectivity index (χ0) is 16.1. The zero-order valence-corrected chi connectivity index (χ0v) is 13.7. The summed E-state index contributed by atoms with van der Waals surface area (Å²) in [6.07, 6.45) is 5.98. The maximum absolute atomic E-state index is 11.7. The summed E-state index contributed by atoms with van der Waals surface area (Å²) in [7, 11) is 0. The highest BCUT2D eigenvalue weighted by Gasteiger charge is 2.10. The minimum atomic E-state index is -0.131. The van der Waals surface area contributed by atoms with Crippen LogP contribution in [0, 0.1) is 0 Å². The average molecular weight is 326 g/mol. The van der Waals surface area contributed by atoms with E-state index >= 15 is 0 Å². The van der Waals surface area contributed by atoms with Crippen LogP contribution in [0.3, 0.4) is 0 Å². The van der Waals surface area contributed by atoms with Crippen molar-refractivity contribution in [2.45, 2.75) is 24.9 Å². The van der Waals surface area contributed by atoms with Crippen LogP contribution in [0.25, 0.3) is 11.9 Å². The van der Waals surface area contributed by atoms with Crippen LogP contribution >= 0.6 is 11.8 Å². The smallest absolute Gasteiger partial charge is 0.252 e. The van der Waals surface area contributed by atoms with Gasteiger partial charge in [0, 0.05) is 17.5 Å². The molecule has 0 fully saturated rings. The fourth-order valence-electron chi connectivity index (χ4n) is 2.38. The summed E-state index contributed by atoms with van der Waals surface area (Å²) in [6, 6.07) is 11.8. The largest absolute Gasteiger partial charge is 0.291 e. The Morgan fingerprint density at radius 2 is 2.09 bits per heavy atom. The summed E-state index contributed by atoms with van der Waals surface area (Å²) < 4.78 is 1.94. The molecule has 0 saturated carbocycles. The monoisotopic (exact) mass is 326 g/mol. The third-order valence-corrected chi connectivity index (χ3v) is 4.26. The SMILES string of the molecule is CCCc1cc(=O)[nH]c2nnc(SC/C=C/c3ccccc3)n12. The molecule has 1 N–H and O–H groups in total. The van der Waals surface area contributed by atoms with E-state index < -0.39 is 0 Å². The number of benzene rings is 1. The van der Waals surface area contributed by atoms with Gasteiger partial charge < -0.3 is 0 Å². The van der Waals surface area contributed by atoms with Crippen LogP contribution in [0.1, 0.15) is 24.6 Å². The number of H-pyrrole nitrogens is 1. The van der Waals surface area contributed by atoms with Crippen LogP contribution in [-0.4, -0.2) is 25.3 Å². The molecule has 23 heavy (non-hydrogen) atoms. The van der Waals surface area contributed by atoms with Crippen molar-refractivity contribution in [2.24, 2.45) is 0 Å². The van der Waals surface area contributed by atoms with E-state index in [9.17, 15) is 4.79 Å². The van der Waals surface area contributed by atoms with Crippen LogP contribution in [0.2, 0.25) is 0 Å². The predicted molar refractivity (Wildman–Crippen MR) is 93.8 cm³/mol. The van der Waals surface area contributed by atoms with Gasteiger partial charge in [-0.3, -0.25) is 14.2 Å². The number of aromatic nitrogens is 4. The number of aromatic amines is 1. The molecule has 3 aromatic rings. The summed E-state index contributed by atoms with van der Waals surface area (Å²) in [5.74, 6) is 1.30. The van der Waals surface area contributed by atoms with Crippen molar-refractivity contribution in [3.63, 3.8) is 0 Å². The second kappa shape index (κ2) is 7.28. The van der Waals surface area contributed by atoms with Gasteiger partial charge >= 0.3 is 0 Å². The third-order valence-electron chi connectivity index (χ3n) is 3.38. The molecule has 2 aromatic heterocycles. The minimum Gasteiger partial charge on any atom is -0.291 e. The number of hydrogen-bond acceptors (Lipinski definition) is 4. The lowest BCUT2D eigenvalue weighted by Crippen LogP contribution is -2.11. The van der Waals surface area contributed by atoms with Crippen molar-refractivity contribution < 1.29 is 0 Å². The second-order valence-corrected chi connectivity index (χ2v) is 6.13. The number of thioether (sulfide) groups is 1. The van der Waals surface area contributed by atoms with Gasteiger partial charge in [-0.05, 0) is 12.0 Å². The van der Waals surface area contributed by atoms with Crippen LogP contribution in [0.5, 0.6) is 0 Å². The molecule has 0 unspecified atom stereocenters. The van der Waals surface area contributed by atoms with Crippen LogP contribution in [0.15, 0.2) is 52.4 Å². The summed E-state index contributed by atoms with van der Waals surface area (Å²) >= 11 is 1.60. The van der Waals surface area contributed by atoms with E-state index in [1.807, 2.05) is 22.6 Å². The Hall–Kier alpha value is -2.34. The standard InChI is InChI=1S/C17H18N4OS/c1-2-7-14-12-15(22)18-16-19-20-17(21(14)16)23-11-6-10-13-8-4-3-5-9-13/h3-6,8-10,12H,2,7,11H2,1H3,(H,18,19,22)/b10-6+. The first kappa shape index (κ1) is 15.6. The van der Waals surface area contributed by atoms with Gasteiger partial charge in [0.1, 0.15) is 0 Å². The molecule has 0 atom stereocenters. The van der Waals surface area contributed by atoms with E-state index in [-0.39, 0.29) is 5.56 Å². The van der Waals surface area contributed by atoms with Crippen LogP contribution in [-0.2, 0) is 6.42 Å². The molecular weight excluding hydrogens is 308 g/mol. The van der Waals surface area contributed by atoms with Crippen molar-refractivity contribution in [3.05, 3.63) is 64.1 Å². The molecule has 0 saturated heterocycles. The number of nitrogens with one attached hydrogen (secondary N) is 1. The van der Waals surface area contributed by atoms with E-state index in [0.717, 1.165) is 29.4 Å². The van der Waals surface area contributed by atoms with Gasteiger partial charge in [0.2, 0.25) is 5.78 Å². The lowest BCUT2D eigenvalue weighted by molar-refractivity contribution is 0.801. The quantitative estimate of drug-likeness (QED) is 0.707. The first-order chi connectivity index (χ1) is 11.3. The molecule has 0 aliphatic rings. The second-order valence-electron chi connectivity index (χ2n) is 5.14. The molecule has 118 valence electrons. The molecule has 2 heterocycles. The Kier molecular flexibility index (Phi) is 4.92. The normalized spacial score (nSPS) is 11.5. The maximum Gasteiger partial charge on any atom is 0.252 e. The molecule has 0 aliphatic heterocycles. The molecule has 1 aromatic carbocycles. The Morgan fingerprint density at radius 1 is 1.26 bits per heavy atom. The van der Waals surface area contributed by atoms with Gasteiger partial charge in [0.25, 0.3) is 5.56 Å². The summed E-state index contributed by atoms with van der Waals surface area (Å²) in [5, 5.41) is 9.07. The van der Waals surface area contributed by atoms with Gasteiger partial charge in [-0.1, -0.05) is 67.6 Å². The first-order valence-corrected chi connectivity index (χ1v) is 8.58. The molecule has 0 radical (unpaired) electrons. The summed E-state index contributed by atoms with van der Waals surface area (Å²) in [4.78, 5) is 14.4.